The Labute approximate surface area is 162 Å². The lowest BCUT2D eigenvalue weighted by atomic mass is 10.0. The van der Waals surface area contributed by atoms with E-state index in [0.717, 1.165) is 16.3 Å². The molecule has 27 heavy (non-hydrogen) atoms. The van der Waals surface area contributed by atoms with E-state index in [1.165, 1.54) is 18.3 Å². The number of anilines is 1. The molecule has 1 aromatic heterocycles. The highest BCUT2D eigenvalue weighted by atomic mass is 32.1. The van der Waals surface area contributed by atoms with Gasteiger partial charge in [-0.15, -0.1) is 11.3 Å². The Morgan fingerprint density at radius 2 is 1.89 bits per heavy atom. The molecule has 0 aliphatic heterocycles. The average Bonchev–Trinajstić information content (AvgIpc) is 2.97. The SMILES string of the molecule is CCOC(=O)c1c(NC(N)c2cccc3ccccc23)sc(C(C)=O)c1C. The molecule has 0 amide bonds. The van der Waals surface area contributed by atoms with Crippen molar-refractivity contribution >= 4 is 38.9 Å². The minimum Gasteiger partial charge on any atom is -0.462 e. The Morgan fingerprint density at radius 3 is 2.59 bits per heavy atom. The summed E-state index contributed by atoms with van der Waals surface area (Å²) in [6.07, 6.45) is -0.540. The van der Waals surface area contributed by atoms with Crippen LogP contribution in [0.5, 0.6) is 0 Å². The van der Waals surface area contributed by atoms with Crippen LogP contribution >= 0.6 is 11.3 Å². The maximum Gasteiger partial charge on any atom is 0.341 e. The van der Waals surface area contributed by atoms with Gasteiger partial charge in [0.1, 0.15) is 11.2 Å². The first-order valence-corrected chi connectivity index (χ1v) is 9.56. The number of rotatable bonds is 6. The van der Waals surface area contributed by atoms with Crippen LogP contribution in [0.15, 0.2) is 42.5 Å². The summed E-state index contributed by atoms with van der Waals surface area (Å²) in [6, 6.07) is 13.9. The number of Topliss-reactive ketones (excluding diaryl/α,β-unsaturated/α-hetero) is 1. The van der Waals surface area contributed by atoms with Gasteiger partial charge in [-0.3, -0.25) is 4.79 Å². The van der Waals surface area contributed by atoms with Gasteiger partial charge in [-0.1, -0.05) is 42.5 Å². The fraction of sp³-hybridized carbons (Fsp3) is 0.238. The van der Waals surface area contributed by atoms with Gasteiger partial charge in [-0.05, 0) is 42.7 Å². The second-order valence-corrected chi connectivity index (χ2v) is 7.25. The first-order chi connectivity index (χ1) is 12.9. The molecule has 0 radical (unpaired) electrons. The molecule has 6 heteroatoms. The number of nitrogens with one attached hydrogen (secondary N) is 1. The van der Waals surface area contributed by atoms with Crippen molar-refractivity contribution < 1.29 is 14.3 Å². The third-order valence-corrected chi connectivity index (χ3v) is 5.71. The number of thiophene rings is 1. The molecular weight excluding hydrogens is 360 g/mol. The molecule has 0 saturated carbocycles. The Kier molecular flexibility index (Phi) is 5.58. The maximum absolute atomic E-state index is 12.4. The molecular formula is C21H22N2O3S. The number of carbonyl (C=O) groups is 2. The predicted molar refractivity (Wildman–Crippen MR) is 110 cm³/mol. The van der Waals surface area contributed by atoms with Crippen molar-refractivity contribution in [3.8, 4) is 0 Å². The van der Waals surface area contributed by atoms with Crippen molar-refractivity contribution in [3.63, 3.8) is 0 Å². The minimum atomic E-state index is -0.540. The first kappa shape index (κ1) is 19.1. The number of ether oxygens (including phenoxy) is 1. The highest BCUT2D eigenvalue weighted by Crippen LogP contribution is 2.36. The zero-order valence-corrected chi connectivity index (χ0v) is 16.4. The van der Waals surface area contributed by atoms with Crippen LogP contribution in [-0.2, 0) is 4.74 Å². The van der Waals surface area contributed by atoms with Gasteiger partial charge < -0.3 is 15.8 Å². The van der Waals surface area contributed by atoms with Crippen molar-refractivity contribution in [1.82, 2.24) is 0 Å². The van der Waals surface area contributed by atoms with Crippen LogP contribution in [0.4, 0.5) is 5.00 Å². The van der Waals surface area contributed by atoms with E-state index >= 15 is 0 Å². The third kappa shape index (κ3) is 3.72. The van der Waals surface area contributed by atoms with Gasteiger partial charge in [0, 0.05) is 0 Å². The fourth-order valence-electron chi connectivity index (χ4n) is 3.14. The summed E-state index contributed by atoms with van der Waals surface area (Å²) in [6.45, 7) is 5.26. The first-order valence-electron chi connectivity index (χ1n) is 8.75. The van der Waals surface area contributed by atoms with E-state index in [1.54, 1.807) is 13.8 Å². The van der Waals surface area contributed by atoms with Gasteiger partial charge in [0.2, 0.25) is 0 Å². The van der Waals surface area contributed by atoms with Crippen molar-refractivity contribution in [2.75, 3.05) is 11.9 Å². The van der Waals surface area contributed by atoms with Crippen LogP contribution in [0, 0.1) is 6.92 Å². The molecule has 0 bridgehead atoms. The fourth-order valence-corrected chi connectivity index (χ4v) is 4.27. The summed E-state index contributed by atoms with van der Waals surface area (Å²) < 4.78 is 5.18. The standard InChI is InChI=1S/C21H22N2O3S/c1-4-26-21(25)17-12(2)18(13(3)24)27-20(17)23-19(22)16-11-7-9-14-8-5-6-10-15(14)16/h5-11,19,23H,4,22H2,1-3H3. The molecule has 0 spiro atoms. The average molecular weight is 382 g/mol. The van der Waals surface area contributed by atoms with E-state index < -0.39 is 12.1 Å². The lowest BCUT2D eigenvalue weighted by molar-refractivity contribution is 0.0527. The van der Waals surface area contributed by atoms with Crippen molar-refractivity contribution in [2.24, 2.45) is 5.73 Å². The lowest BCUT2D eigenvalue weighted by Crippen LogP contribution is -2.21. The monoisotopic (exact) mass is 382 g/mol. The summed E-state index contributed by atoms with van der Waals surface area (Å²) in [5, 5.41) is 5.90. The second kappa shape index (κ2) is 7.90. The largest absolute Gasteiger partial charge is 0.462 e. The number of carbonyl (C=O) groups excluding carboxylic acids is 2. The Balaban J connectivity index is 2.02. The number of hydrogen-bond donors (Lipinski definition) is 2. The molecule has 0 saturated heterocycles. The van der Waals surface area contributed by atoms with Crippen LogP contribution in [-0.4, -0.2) is 18.4 Å². The van der Waals surface area contributed by atoms with E-state index in [9.17, 15) is 9.59 Å². The number of esters is 1. The summed E-state index contributed by atoms with van der Waals surface area (Å²) in [4.78, 5) is 24.9. The molecule has 0 aliphatic rings. The minimum absolute atomic E-state index is 0.0881. The second-order valence-electron chi connectivity index (χ2n) is 6.23. The molecule has 1 unspecified atom stereocenters. The third-order valence-electron chi connectivity index (χ3n) is 4.39. The molecule has 1 heterocycles. The smallest absolute Gasteiger partial charge is 0.341 e. The summed E-state index contributed by atoms with van der Waals surface area (Å²) in [7, 11) is 0. The van der Waals surface area contributed by atoms with E-state index in [0.29, 0.717) is 21.0 Å². The molecule has 2 aromatic carbocycles. The summed E-state index contributed by atoms with van der Waals surface area (Å²) in [5.41, 5.74) is 8.35. The van der Waals surface area contributed by atoms with Crippen LogP contribution in [0.3, 0.4) is 0 Å². The summed E-state index contributed by atoms with van der Waals surface area (Å²) in [5.74, 6) is -0.541. The Bertz CT molecular complexity index is 1000. The normalized spacial score (nSPS) is 12.0. The molecule has 1 atom stereocenters. The van der Waals surface area contributed by atoms with Crippen molar-refractivity contribution in [2.45, 2.75) is 26.9 Å². The van der Waals surface area contributed by atoms with Gasteiger partial charge in [0.25, 0.3) is 0 Å². The molecule has 5 nitrogen and oxygen atoms in total. The molecule has 3 aromatic rings. The molecule has 0 fully saturated rings. The quantitative estimate of drug-likeness (QED) is 0.368. The number of nitrogens with two attached hydrogens (primary N) is 1. The number of fused-ring (bicyclic) bond motifs is 1. The van der Waals surface area contributed by atoms with E-state index in [2.05, 4.69) is 5.32 Å². The summed E-state index contributed by atoms with van der Waals surface area (Å²) >= 11 is 1.24. The molecule has 140 valence electrons. The van der Waals surface area contributed by atoms with E-state index in [-0.39, 0.29) is 12.4 Å². The van der Waals surface area contributed by atoms with Gasteiger partial charge in [0.15, 0.2) is 5.78 Å². The van der Waals surface area contributed by atoms with E-state index in [4.69, 9.17) is 10.5 Å². The van der Waals surface area contributed by atoms with Gasteiger partial charge in [0.05, 0.1) is 17.0 Å². The van der Waals surface area contributed by atoms with Gasteiger partial charge in [-0.2, -0.15) is 0 Å². The molecule has 3 rings (SSSR count). The van der Waals surface area contributed by atoms with Gasteiger partial charge in [-0.25, -0.2) is 4.79 Å². The Morgan fingerprint density at radius 1 is 1.19 bits per heavy atom. The highest BCUT2D eigenvalue weighted by molar-refractivity contribution is 7.18. The highest BCUT2D eigenvalue weighted by Gasteiger charge is 2.25. The maximum atomic E-state index is 12.4. The van der Waals surface area contributed by atoms with Gasteiger partial charge >= 0.3 is 5.97 Å². The zero-order chi connectivity index (χ0) is 19.6. The number of benzene rings is 2. The number of hydrogen-bond acceptors (Lipinski definition) is 6. The van der Waals surface area contributed by atoms with Crippen LogP contribution in [0.1, 0.15) is 51.2 Å². The predicted octanol–water partition coefficient (Wildman–Crippen LogP) is 4.66. The van der Waals surface area contributed by atoms with Crippen LogP contribution in [0.2, 0.25) is 0 Å². The van der Waals surface area contributed by atoms with Crippen LogP contribution in [0.25, 0.3) is 10.8 Å². The van der Waals surface area contributed by atoms with Crippen molar-refractivity contribution in [3.05, 3.63) is 64.0 Å². The molecule has 0 aliphatic carbocycles. The topological polar surface area (TPSA) is 81.4 Å². The number of ketones is 1. The van der Waals surface area contributed by atoms with Crippen molar-refractivity contribution in [1.29, 1.82) is 0 Å². The zero-order valence-electron chi connectivity index (χ0n) is 15.5. The molecule has 3 N–H and O–H groups in total. The lowest BCUT2D eigenvalue weighted by Gasteiger charge is -2.17. The van der Waals surface area contributed by atoms with Crippen LogP contribution < -0.4 is 11.1 Å². The van der Waals surface area contributed by atoms with E-state index in [1.807, 2.05) is 42.5 Å². The Hall–Kier alpha value is -2.70.